The first-order valence-corrected chi connectivity index (χ1v) is 14.7. The van der Waals surface area contributed by atoms with Crippen molar-refractivity contribution in [3.63, 3.8) is 0 Å². The summed E-state index contributed by atoms with van der Waals surface area (Å²) in [7, 11) is 0. The lowest BCUT2D eigenvalue weighted by Crippen LogP contribution is -2.48. The van der Waals surface area contributed by atoms with Gasteiger partial charge < -0.3 is 19.5 Å². The van der Waals surface area contributed by atoms with Crippen molar-refractivity contribution in [3.05, 3.63) is 94.1 Å². The van der Waals surface area contributed by atoms with Crippen molar-refractivity contribution in [2.45, 2.75) is 32.7 Å². The summed E-state index contributed by atoms with van der Waals surface area (Å²) >= 11 is 6.40. The van der Waals surface area contributed by atoms with E-state index in [4.69, 9.17) is 16.3 Å². The van der Waals surface area contributed by atoms with E-state index in [1.165, 1.54) is 33.5 Å². The van der Waals surface area contributed by atoms with Crippen molar-refractivity contribution < 1.29 is 9.53 Å². The second-order valence-corrected chi connectivity index (χ2v) is 11.4. The number of anilines is 1. The molecular weight excluding hydrogens is 520 g/mol. The van der Waals surface area contributed by atoms with Crippen LogP contribution in [0.2, 0.25) is 5.02 Å². The fraction of sp³-hybridized carbons (Fsp3) is 0.364. The first kappa shape index (κ1) is 26.7. The molecule has 0 saturated carbocycles. The Morgan fingerprint density at radius 3 is 2.58 bits per heavy atom. The van der Waals surface area contributed by atoms with Gasteiger partial charge in [0.25, 0.3) is 0 Å². The number of hydrogen-bond acceptors (Lipinski definition) is 4. The number of hydrogen-bond donors (Lipinski definition) is 1. The zero-order valence-electron chi connectivity index (χ0n) is 23.3. The molecule has 3 heterocycles. The van der Waals surface area contributed by atoms with Crippen molar-refractivity contribution in [1.82, 2.24) is 14.8 Å². The number of carbonyl (C=O) groups excluding carboxylic acids is 1. The number of benzene rings is 3. The highest BCUT2D eigenvalue weighted by Gasteiger charge is 2.32. The fourth-order valence-electron chi connectivity index (χ4n) is 6.16. The fourth-order valence-corrected chi connectivity index (χ4v) is 6.33. The molecule has 1 amide bonds. The smallest absolute Gasteiger partial charge is 0.219 e. The lowest BCUT2D eigenvalue weighted by Gasteiger charge is -2.38. The molecular formula is C33H37ClN4O2. The first-order chi connectivity index (χ1) is 19.5. The van der Waals surface area contributed by atoms with Gasteiger partial charge >= 0.3 is 0 Å². The Kier molecular flexibility index (Phi) is 7.72. The van der Waals surface area contributed by atoms with E-state index in [2.05, 4.69) is 82.4 Å². The molecule has 208 valence electrons. The number of fused-ring (bicyclic) bond motifs is 3. The molecule has 0 aliphatic carbocycles. The van der Waals surface area contributed by atoms with Crippen LogP contribution in [0.4, 0.5) is 5.69 Å². The Bertz CT molecular complexity index is 1490. The molecule has 1 N–H and O–H groups in total. The second kappa shape index (κ2) is 11.6. The number of nitrogens with zero attached hydrogens (tertiary/aromatic N) is 3. The van der Waals surface area contributed by atoms with Crippen LogP contribution >= 0.6 is 11.6 Å². The molecule has 0 bridgehead atoms. The first-order valence-electron chi connectivity index (χ1n) is 14.3. The lowest BCUT2D eigenvalue weighted by molar-refractivity contribution is -0.130. The minimum Gasteiger partial charge on any atom is -0.494 e. The van der Waals surface area contributed by atoms with Gasteiger partial charge in [-0.05, 0) is 73.4 Å². The van der Waals surface area contributed by atoms with Gasteiger partial charge in [-0.3, -0.25) is 9.69 Å². The average Bonchev–Trinajstić information content (AvgIpc) is 3.33. The quantitative estimate of drug-likeness (QED) is 0.275. The number of ether oxygens (including phenoxy) is 1. The van der Waals surface area contributed by atoms with Gasteiger partial charge in [-0.2, -0.15) is 0 Å². The summed E-state index contributed by atoms with van der Waals surface area (Å²) in [6.45, 7) is 9.85. The summed E-state index contributed by atoms with van der Waals surface area (Å²) < 4.78 is 6.27. The van der Waals surface area contributed by atoms with Crippen molar-refractivity contribution in [2.75, 3.05) is 50.8 Å². The van der Waals surface area contributed by atoms with E-state index in [0.717, 1.165) is 68.4 Å². The molecule has 0 radical (unpaired) electrons. The highest BCUT2D eigenvalue weighted by Crippen LogP contribution is 2.42. The number of amides is 1. The Morgan fingerprint density at radius 1 is 1.00 bits per heavy atom. The maximum atomic E-state index is 11.6. The van der Waals surface area contributed by atoms with Crippen LogP contribution in [0.5, 0.6) is 5.75 Å². The van der Waals surface area contributed by atoms with E-state index in [0.29, 0.717) is 6.61 Å². The maximum absolute atomic E-state index is 11.6. The lowest BCUT2D eigenvalue weighted by atomic mass is 9.91. The van der Waals surface area contributed by atoms with Crippen LogP contribution < -0.4 is 9.64 Å². The molecule has 3 aromatic carbocycles. The van der Waals surface area contributed by atoms with Gasteiger partial charge in [-0.25, -0.2) is 0 Å². The third kappa shape index (κ3) is 5.56. The zero-order chi connectivity index (χ0) is 27.6. The molecule has 6 rings (SSSR count). The molecule has 40 heavy (non-hydrogen) atoms. The summed E-state index contributed by atoms with van der Waals surface area (Å²) in [4.78, 5) is 22.2. The van der Waals surface area contributed by atoms with E-state index >= 15 is 0 Å². The molecule has 7 heteroatoms. The van der Waals surface area contributed by atoms with Crippen LogP contribution in [0.25, 0.3) is 10.9 Å². The molecule has 2 aliphatic heterocycles. The standard InChI is InChI=1S/C33H37ClN4O2/c1-23-7-10-27(11-8-23)38-15-13-29-30-22-26(34)9-12-31(30)35-32(29)33(38)25-5-3-6-28(21-25)40-20-4-14-36-16-18-37(19-17-36)24(2)39/h3,5-12,21-22,33,35H,4,13-20H2,1-2H3. The number of H-pyrrole nitrogens is 1. The SMILES string of the molecule is CC(=O)N1CCN(CCCOc2cccc(C3c4[nH]c5ccc(Cl)cc5c4CCN3c3ccc(C)cc3)c2)CC1. The van der Waals surface area contributed by atoms with Gasteiger partial charge in [0.05, 0.1) is 12.6 Å². The molecule has 1 unspecified atom stereocenters. The number of rotatable bonds is 7. The van der Waals surface area contributed by atoms with Crippen molar-refractivity contribution >= 4 is 34.1 Å². The zero-order valence-corrected chi connectivity index (χ0v) is 24.1. The Morgan fingerprint density at radius 2 is 1.80 bits per heavy atom. The van der Waals surface area contributed by atoms with E-state index < -0.39 is 0 Å². The molecule has 1 saturated heterocycles. The Hall–Kier alpha value is -3.48. The number of carbonyl (C=O) groups is 1. The monoisotopic (exact) mass is 556 g/mol. The summed E-state index contributed by atoms with van der Waals surface area (Å²) in [6.07, 6.45) is 1.91. The summed E-state index contributed by atoms with van der Waals surface area (Å²) in [5, 5.41) is 1.98. The van der Waals surface area contributed by atoms with Crippen LogP contribution in [0, 0.1) is 6.92 Å². The Labute approximate surface area is 241 Å². The third-order valence-electron chi connectivity index (χ3n) is 8.33. The van der Waals surface area contributed by atoms with Gasteiger partial charge in [0.1, 0.15) is 5.75 Å². The number of aromatic amines is 1. The average molecular weight is 557 g/mol. The largest absolute Gasteiger partial charge is 0.494 e. The van der Waals surface area contributed by atoms with E-state index in [-0.39, 0.29) is 11.9 Å². The Balaban J connectivity index is 1.21. The van der Waals surface area contributed by atoms with Crippen molar-refractivity contribution in [3.8, 4) is 5.75 Å². The minimum atomic E-state index is 0.0405. The van der Waals surface area contributed by atoms with Crippen molar-refractivity contribution in [1.29, 1.82) is 0 Å². The molecule has 1 fully saturated rings. The number of halogens is 1. The minimum absolute atomic E-state index is 0.0405. The molecule has 1 aromatic heterocycles. The van der Waals surface area contributed by atoms with Crippen LogP contribution in [0.15, 0.2) is 66.7 Å². The predicted octanol–water partition coefficient (Wildman–Crippen LogP) is 6.21. The highest BCUT2D eigenvalue weighted by molar-refractivity contribution is 6.31. The number of aromatic nitrogens is 1. The summed E-state index contributed by atoms with van der Waals surface area (Å²) in [5.41, 5.74) is 7.38. The topological polar surface area (TPSA) is 51.8 Å². The van der Waals surface area contributed by atoms with E-state index in [1.807, 2.05) is 11.0 Å². The molecule has 6 nitrogen and oxygen atoms in total. The molecule has 2 aliphatic rings. The summed E-state index contributed by atoms with van der Waals surface area (Å²) in [5.74, 6) is 1.07. The second-order valence-electron chi connectivity index (χ2n) is 11.0. The normalized spacial score (nSPS) is 17.7. The van der Waals surface area contributed by atoms with Crippen LogP contribution in [-0.4, -0.2) is 66.6 Å². The van der Waals surface area contributed by atoms with Gasteiger partial charge in [0, 0.05) is 73.5 Å². The van der Waals surface area contributed by atoms with Crippen molar-refractivity contribution in [2.24, 2.45) is 0 Å². The molecule has 0 spiro atoms. The third-order valence-corrected chi connectivity index (χ3v) is 8.57. The van der Waals surface area contributed by atoms with E-state index in [9.17, 15) is 4.79 Å². The van der Waals surface area contributed by atoms with Gasteiger partial charge in [-0.15, -0.1) is 0 Å². The highest BCUT2D eigenvalue weighted by atomic mass is 35.5. The van der Waals surface area contributed by atoms with E-state index in [1.54, 1.807) is 6.92 Å². The molecule has 4 aromatic rings. The number of piperazine rings is 1. The number of nitrogens with one attached hydrogen (secondary N) is 1. The summed E-state index contributed by atoms with van der Waals surface area (Å²) in [6, 6.07) is 23.6. The number of aryl methyl sites for hydroxylation is 1. The van der Waals surface area contributed by atoms with Gasteiger partial charge in [0.15, 0.2) is 0 Å². The van der Waals surface area contributed by atoms with Crippen LogP contribution in [0.3, 0.4) is 0 Å². The maximum Gasteiger partial charge on any atom is 0.219 e. The predicted molar refractivity (Wildman–Crippen MR) is 163 cm³/mol. The van der Waals surface area contributed by atoms with Crippen LogP contribution in [-0.2, 0) is 11.2 Å². The van der Waals surface area contributed by atoms with Crippen LogP contribution in [0.1, 0.15) is 41.8 Å². The van der Waals surface area contributed by atoms with Gasteiger partial charge in [-0.1, -0.05) is 41.4 Å². The van der Waals surface area contributed by atoms with Gasteiger partial charge in [0.2, 0.25) is 5.91 Å². The molecule has 1 atom stereocenters.